The summed E-state index contributed by atoms with van der Waals surface area (Å²) in [5.41, 5.74) is 0.967. The Morgan fingerprint density at radius 1 is 1.00 bits per heavy atom. The van der Waals surface area contributed by atoms with E-state index < -0.39 is 0 Å². The third kappa shape index (κ3) is 4.51. The third-order valence-electron chi connectivity index (χ3n) is 5.52. The summed E-state index contributed by atoms with van der Waals surface area (Å²) >= 11 is 1.55. The molecule has 0 unspecified atom stereocenters. The molecule has 0 atom stereocenters. The van der Waals surface area contributed by atoms with Crippen LogP contribution in [0.25, 0.3) is 17.0 Å². The normalized spacial score (nSPS) is 14.2. The summed E-state index contributed by atoms with van der Waals surface area (Å²) in [7, 11) is 0. The van der Waals surface area contributed by atoms with Crippen LogP contribution < -0.4 is 10.2 Å². The van der Waals surface area contributed by atoms with E-state index in [-0.39, 0.29) is 17.6 Å². The second kappa shape index (κ2) is 9.30. The summed E-state index contributed by atoms with van der Waals surface area (Å²) in [5.74, 6) is 0.507. The first-order chi connectivity index (χ1) is 16.2. The fourth-order valence-electron chi connectivity index (χ4n) is 3.85. The van der Waals surface area contributed by atoms with E-state index in [4.69, 9.17) is 4.42 Å². The van der Waals surface area contributed by atoms with E-state index in [0.29, 0.717) is 42.8 Å². The monoisotopic (exact) mass is 458 g/mol. The van der Waals surface area contributed by atoms with Crippen LogP contribution in [-0.4, -0.2) is 47.9 Å². The van der Waals surface area contributed by atoms with E-state index >= 15 is 0 Å². The van der Waals surface area contributed by atoms with Crippen LogP contribution in [0.2, 0.25) is 0 Å². The molecule has 1 aromatic carbocycles. The molecule has 4 aromatic rings. The molecule has 7 nitrogen and oxygen atoms in total. The molecule has 5 rings (SSSR count). The summed E-state index contributed by atoms with van der Waals surface area (Å²) in [6.07, 6.45) is 4.98. The maximum Gasteiger partial charge on any atom is 0.291 e. The fourth-order valence-corrected chi connectivity index (χ4v) is 4.47. The van der Waals surface area contributed by atoms with Gasteiger partial charge >= 0.3 is 0 Å². The molecule has 1 fully saturated rings. The molecule has 8 heteroatoms. The molecular weight excluding hydrogens is 436 g/mol. The number of anilines is 2. The van der Waals surface area contributed by atoms with Gasteiger partial charge in [0, 0.05) is 48.7 Å². The van der Waals surface area contributed by atoms with Gasteiger partial charge in [-0.05, 0) is 41.8 Å². The Kier molecular flexibility index (Phi) is 5.91. The van der Waals surface area contributed by atoms with Gasteiger partial charge in [0.15, 0.2) is 0 Å². The molecule has 0 saturated carbocycles. The van der Waals surface area contributed by atoms with Crippen LogP contribution in [0.5, 0.6) is 0 Å². The quantitative estimate of drug-likeness (QED) is 0.446. The highest BCUT2D eigenvalue weighted by Gasteiger charge is 2.29. The number of carbonyl (C=O) groups is 2. The maximum absolute atomic E-state index is 13.4. The van der Waals surface area contributed by atoms with Crippen molar-refractivity contribution in [2.24, 2.45) is 0 Å². The molecule has 2 amide bonds. The van der Waals surface area contributed by atoms with Gasteiger partial charge < -0.3 is 19.5 Å². The summed E-state index contributed by atoms with van der Waals surface area (Å²) in [6.45, 7) is 2.43. The number of amides is 2. The number of nitrogens with zero attached hydrogens (tertiary/aromatic N) is 3. The topological polar surface area (TPSA) is 78.7 Å². The number of rotatable bonds is 5. The van der Waals surface area contributed by atoms with Crippen molar-refractivity contribution >= 4 is 51.7 Å². The predicted octanol–water partition coefficient (Wildman–Crippen LogP) is 4.50. The van der Waals surface area contributed by atoms with Crippen LogP contribution in [0.4, 0.5) is 11.5 Å². The number of hydrogen-bond donors (Lipinski definition) is 1. The number of thiophene rings is 1. The first-order valence-corrected chi connectivity index (χ1v) is 11.6. The number of piperazine rings is 1. The Morgan fingerprint density at radius 2 is 1.82 bits per heavy atom. The largest absolute Gasteiger partial charge is 0.449 e. The minimum Gasteiger partial charge on any atom is -0.449 e. The van der Waals surface area contributed by atoms with Gasteiger partial charge in [-0.1, -0.05) is 24.3 Å². The molecule has 3 aromatic heterocycles. The number of hydrogen-bond acceptors (Lipinski definition) is 6. The van der Waals surface area contributed by atoms with Crippen molar-refractivity contribution in [1.82, 2.24) is 9.88 Å². The van der Waals surface area contributed by atoms with Gasteiger partial charge in [0.2, 0.25) is 11.7 Å². The molecule has 1 aliphatic heterocycles. The van der Waals surface area contributed by atoms with Crippen LogP contribution in [0.3, 0.4) is 0 Å². The smallest absolute Gasteiger partial charge is 0.291 e. The molecule has 0 radical (unpaired) electrons. The van der Waals surface area contributed by atoms with Crippen LogP contribution >= 0.6 is 11.3 Å². The Labute approximate surface area is 194 Å². The lowest BCUT2D eigenvalue weighted by atomic mass is 10.2. The van der Waals surface area contributed by atoms with Crippen molar-refractivity contribution in [3.05, 3.63) is 82.9 Å². The van der Waals surface area contributed by atoms with Crippen LogP contribution in [0.15, 0.2) is 76.7 Å². The van der Waals surface area contributed by atoms with Crippen molar-refractivity contribution in [2.45, 2.75) is 0 Å². The van der Waals surface area contributed by atoms with Gasteiger partial charge in [-0.2, -0.15) is 0 Å². The Morgan fingerprint density at radius 3 is 2.58 bits per heavy atom. The van der Waals surface area contributed by atoms with Gasteiger partial charge in [0.25, 0.3) is 5.91 Å². The zero-order chi connectivity index (χ0) is 22.6. The van der Waals surface area contributed by atoms with Gasteiger partial charge in [-0.15, -0.1) is 11.3 Å². The average Bonchev–Trinajstić information content (AvgIpc) is 3.51. The number of aromatic nitrogens is 1. The van der Waals surface area contributed by atoms with Crippen LogP contribution in [0, 0.1) is 0 Å². The summed E-state index contributed by atoms with van der Waals surface area (Å²) in [4.78, 5) is 35.3. The highest BCUT2D eigenvalue weighted by Crippen LogP contribution is 2.32. The standard InChI is InChI=1S/C25H22N4O3S/c30-22(11-10-18-6-5-17-33-18)27-23-19-7-1-2-8-20(19)32-24(23)25(31)29-15-13-28(14-16-29)21-9-3-4-12-26-21/h1-12,17H,13-16H2,(H,27,30). The number of nitrogens with one attached hydrogen (secondary N) is 1. The highest BCUT2D eigenvalue weighted by molar-refractivity contribution is 7.10. The van der Waals surface area contributed by atoms with Crippen molar-refractivity contribution in [1.29, 1.82) is 0 Å². The summed E-state index contributed by atoms with van der Waals surface area (Å²) < 4.78 is 5.92. The minimum absolute atomic E-state index is 0.153. The molecule has 4 heterocycles. The van der Waals surface area contributed by atoms with Gasteiger partial charge in [-0.3, -0.25) is 9.59 Å². The first kappa shape index (κ1) is 21.0. The third-order valence-corrected chi connectivity index (χ3v) is 6.36. The molecule has 0 spiro atoms. The first-order valence-electron chi connectivity index (χ1n) is 10.7. The van der Waals surface area contributed by atoms with Gasteiger partial charge in [0.05, 0.1) is 0 Å². The van der Waals surface area contributed by atoms with Crippen molar-refractivity contribution < 1.29 is 14.0 Å². The van der Waals surface area contributed by atoms with E-state index in [9.17, 15) is 9.59 Å². The van der Waals surface area contributed by atoms with E-state index in [1.165, 1.54) is 6.08 Å². The molecule has 1 N–H and O–H groups in total. The second-order valence-corrected chi connectivity index (χ2v) is 8.59. The van der Waals surface area contributed by atoms with Gasteiger partial charge in [-0.25, -0.2) is 4.98 Å². The lowest BCUT2D eigenvalue weighted by Gasteiger charge is -2.35. The summed E-state index contributed by atoms with van der Waals surface area (Å²) in [6, 6.07) is 17.0. The maximum atomic E-state index is 13.4. The van der Waals surface area contributed by atoms with Crippen LogP contribution in [0.1, 0.15) is 15.4 Å². The molecule has 0 bridgehead atoms. The minimum atomic E-state index is -0.316. The Bertz CT molecular complexity index is 1290. The SMILES string of the molecule is O=C(C=Cc1cccs1)Nc1c(C(=O)N2CCN(c3ccccn3)CC2)oc2ccccc12. The second-order valence-electron chi connectivity index (χ2n) is 7.61. The Hall–Kier alpha value is -3.91. The molecule has 33 heavy (non-hydrogen) atoms. The average molecular weight is 459 g/mol. The van der Waals surface area contributed by atoms with E-state index in [1.807, 2.05) is 53.9 Å². The lowest BCUT2D eigenvalue weighted by Crippen LogP contribution is -2.49. The number of carbonyl (C=O) groups excluding carboxylic acids is 2. The van der Waals surface area contributed by atoms with Gasteiger partial charge in [0.1, 0.15) is 17.1 Å². The van der Waals surface area contributed by atoms with E-state index in [0.717, 1.165) is 10.7 Å². The highest BCUT2D eigenvalue weighted by atomic mass is 32.1. The molecule has 0 aliphatic carbocycles. The fraction of sp³-hybridized carbons (Fsp3) is 0.160. The van der Waals surface area contributed by atoms with Crippen LogP contribution in [-0.2, 0) is 4.79 Å². The zero-order valence-electron chi connectivity index (χ0n) is 17.8. The lowest BCUT2D eigenvalue weighted by molar-refractivity contribution is -0.111. The number of furan rings is 1. The molecule has 1 aliphatic rings. The molecule has 1 saturated heterocycles. The number of para-hydroxylation sites is 1. The molecular formula is C25H22N4O3S. The molecule has 166 valence electrons. The van der Waals surface area contributed by atoms with E-state index in [2.05, 4.69) is 15.2 Å². The number of pyridine rings is 1. The van der Waals surface area contributed by atoms with Crippen molar-refractivity contribution in [3.8, 4) is 0 Å². The summed E-state index contributed by atoms with van der Waals surface area (Å²) in [5, 5.41) is 5.52. The predicted molar refractivity (Wildman–Crippen MR) is 131 cm³/mol. The van der Waals surface area contributed by atoms with Crippen molar-refractivity contribution in [3.63, 3.8) is 0 Å². The number of fused-ring (bicyclic) bond motifs is 1. The van der Waals surface area contributed by atoms with Crippen molar-refractivity contribution in [2.75, 3.05) is 36.4 Å². The van der Waals surface area contributed by atoms with E-state index in [1.54, 1.807) is 34.6 Å². The number of benzene rings is 1. The Balaban J connectivity index is 1.35. The zero-order valence-corrected chi connectivity index (χ0v) is 18.6.